The molecule has 1 unspecified atom stereocenters. The highest BCUT2D eigenvalue weighted by molar-refractivity contribution is 7.99. The molecule has 0 aliphatic heterocycles. The molecule has 0 bridgehead atoms. The molecule has 4 heteroatoms. The van der Waals surface area contributed by atoms with Gasteiger partial charge in [-0.3, -0.25) is 9.59 Å². The molecule has 1 atom stereocenters. The van der Waals surface area contributed by atoms with Crippen LogP contribution in [0.4, 0.5) is 0 Å². The van der Waals surface area contributed by atoms with E-state index in [1.807, 2.05) is 12.1 Å². The fraction of sp³-hybridized carbons (Fsp3) is 0.385. The fourth-order valence-corrected chi connectivity index (χ4v) is 2.22. The van der Waals surface area contributed by atoms with Gasteiger partial charge in [0.1, 0.15) is 5.92 Å². The Balaban J connectivity index is 2.85. The summed E-state index contributed by atoms with van der Waals surface area (Å²) in [6, 6.07) is 7.11. The predicted octanol–water partition coefficient (Wildman–Crippen LogP) is 3.09. The molecular weight excluding hydrogens is 236 g/mol. The van der Waals surface area contributed by atoms with E-state index in [1.165, 1.54) is 0 Å². The molecule has 1 rings (SSSR count). The number of ketones is 1. The number of benzene rings is 1. The standard InChI is InChI=1S/C13H16O3S/c1-3-11(13(15)16)12(14)9-5-7-10(8-6-9)17-4-2/h5-8,11H,3-4H2,1-2H3,(H,15,16). The number of carboxylic acids is 1. The first-order valence-electron chi connectivity index (χ1n) is 5.60. The fourth-order valence-electron chi connectivity index (χ4n) is 1.56. The molecule has 0 amide bonds. The van der Waals surface area contributed by atoms with E-state index in [0.717, 1.165) is 10.6 Å². The van der Waals surface area contributed by atoms with Crippen LogP contribution in [-0.2, 0) is 4.79 Å². The zero-order chi connectivity index (χ0) is 12.8. The summed E-state index contributed by atoms with van der Waals surface area (Å²) in [5.74, 6) is -1.32. The first kappa shape index (κ1) is 13.8. The van der Waals surface area contributed by atoms with Gasteiger partial charge in [-0.25, -0.2) is 0 Å². The van der Waals surface area contributed by atoms with Gasteiger partial charge in [-0.1, -0.05) is 26.0 Å². The van der Waals surface area contributed by atoms with E-state index in [1.54, 1.807) is 30.8 Å². The van der Waals surface area contributed by atoms with Crippen LogP contribution in [0.25, 0.3) is 0 Å². The van der Waals surface area contributed by atoms with Crippen LogP contribution in [-0.4, -0.2) is 22.6 Å². The molecular formula is C13H16O3S. The van der Waals surface area contributed by atoms with E-state index in [-0.39, 0.29) is 5.78 Å². The summed E-state index contributed by atoms with van der Waals surface area (Å²) >= 11 is 1.69. The number of hydrogen-bond donors (Lipinski definition) is 1. The zero-order valence-corrected chi connectivity index (χ0v) is 10.8. The van der Waals surface area contributed by atoms with Crippen molar-refractivity contribution >= 4 is 23.5 Å². The van der Waals surface area contributed by atoms with Gasteiger partial charge in [0, 0.05) is 10.5 Å². The molecule has 1 N–H and O–H groups in total. The Labute approximate surface area is 105 Å². The van der Waals surface area contributed by atoms with E-state index in [4.69, 9.17) is 5.11 Å². The van der Waals surface area contributed by atoms with Gasteiger partial charge in [0.15, 0.2) is 5.78 Å². The van der Waals surface area contributed by atoms with Crippen LogP contribution in [0.2, 0.25) is 0 Å². The number of Topliss-reactive ketones (excluding diaryl/α,β-unsaturated/α-hetero) is 1. The Morgan fingerprint density at radius 3 is 2.24 bits per heavy atom. The van der Waals surface area contributed by atoms with Crippen LogP contribution >= 0.6 is 11.8 Å². The molecule has 0 fully saturated rings. The number of carboxylic acid groups (broad SMARTS) is 1. The van der Waals surface area contributed by atoms with Gasteiger partial charge in [0.2, 0.25) is 0 Å². The second kappa shape index (κ2) is 6.45. The quantitative estimate of drug-likeness (QED) is 0.480. The number of rotatable bonds is 6. The first-order chi connectivity index (χ1) is 8.10. The van der Waals surface area contributed by atoms with Crippen LogP contribution in [0.5, 0.6) is 0 Å². The Morgan fingerprint density at radius 2 is 1.82 bits per heavy atom. The van der Waals surface area contributed by atoms with Gasteiger partial charge < -0.3 is 5.11 Å². The van der Waals surface area contributed by atoms with Crippen molar-refractivity contribution in [3.05, 3.63) is 29.8 Å². The van der Waals surface area contributed by atoms with Crippen LogP contribution in [0.1, 0.15) is 30.6 Å². The lowest BCUT2D eigenvalue weighted by atomic mass is 9.95. The highest BCUT2D eigenvalue weighted by atomic mass is 32.2. The van der Waals surface area contributed by atoms with Gasteiger partial charge >= 0.3 is 5.97 Å². The predicted molar refractivity (Wildman–Crippen MR) is 68.6 cm³/mol. The third kappa shape index (κ3) is 3.60. The summed E-state index contributed by atoms with van der Waals surface area (Å²) in [6.45, 7) is 3.76. The average molecular weight is 252 g/mol. The van der Waals surface area contributed by atoms with Crippen molar-refractivity contribution < 1.29 is 14.7 Å². The molecule has 0 aliphatic carbocycles. The zero-order valence-electron chi connectivity index (χ0n) is 9.97. The topological polar surface area (TPSA) is 54.4 Å². The van der Waals surface area contributed by atoms with Crippen LogP contribution < -0.4 is 0 Å². The number of carbonyl (C=O) groups excluding carboxylic acids is 1. The molecule has 0 aliphatic rings. The van der Waals surface area contributed by atoms with Crippen molar-refractivity contribution in [2.75, 3.05) is 5.75 Å². The van der Waals surface area contributed by atoms with Crippen LogP contribution in [0.3, 0.4) is 0 Å². The van der Waals surface area contributed by atoms with Gasteiger partial charge in [-0.2, -0.15) is 0 Å². The molecule has 1 aromatic rings. The smallest absolute Gasteiger partial charge is 0.314 e. The lowest BCUT2D eigenvalue weighted by Gasteiger charge is -2.08. The number of carbonyl (C=O) groups is 2. The van der Waals surface area contributed by atoms with E-state index in [2.05, 4.69) is 6.92 Å². The minimum Gasteiger partial charge on any atom is -0.481 e. The van der Waals surface area contributed by atoms with E-state index in [0.29, 0.717) is 12.0 Å². The third-order valence-corrected chi connectivity index (χ3v) is 3.37. The Kier molecular flexibility index (Phi) is 5.22. The first-order valence-corrected chi connectivity index (χ1v) is 6.58. The Hall–Kier alpha value is -1.29. The van der Waals surface area contributed by atoms with Crippen molar-refractivity contribution in [2.24, 2.45) is 5.92 Å². The largest absolute Gasteiger partial charge is 0.481 e. The minimum atomic E-state index is -1.05. The average Bonchev–Trinajstić information content (AvgIpc) is 2.30. The van der Waals surface area contributed by atoms with E-state index < -0.39 is 11.9 Å². The molecule has 0 aromatic heterocycles. The SMILES string of the molecule is CCSc1ccc(C(=O)C(CC)C(=O)O)cc1. The highest BCUT2D eigenvalue weighted by Gasteiger charge is 2.24. The molecule has 3 nitrogen and oxygen atoms in total. The minimum absolute atomic E-state index is 0.312. The van der Waals surface area contributed by atoms with Gasteiger partial charge in [0.25, 0.3) is 0 Å². The molecule has 0 saturated carbocycles. The molecule has 0 radical (unpaired) electrons. The van der Waals surface area contributed by atoms with Crippen molar-refractivity contribution in [3.63, 3.8) is 0 Å². The lowest BCUT2D eigenvalue weighted by molar-refractivity contribution is -0.140. The summed E-state index contributed by atoms with van der Waals surface area (Å²) in [7, 11) is 0. The van der Waals surface area contributed by atoms with Crippen molar-refractivity contribution in [1.29, 1.82) is 0 Å². The Bertz CT molecular complexity index is 398. The molecule has 17 heavy (non-hydrogen) atoms. The normalized spacial score (nSPS) is 12.1. The van der Waals surface area contributed by atoms with Crippen molar-refractivity contribution in [2.45, 2.75) is 25.2 Å². The maximum atomic E-state index is 11.9. The molecule has 0 heterocycles. The van der Waals surface area contributed by atoms with Gasteiger partial charge in [0.05, 0.1) is 0 Å². The van der Waals surface area contributed by atoms with Gasteiger partial charge in [-0.05, 0) is 24.3 Å². The van der Waals surface area contributed by atoms with Crippen LogP contribution in [0.15, 0.2) is 29.2 Å². The monoisotopic (exact) mass is 252 g/mol. The molecule has 1 aromatic carbocycles. The Morgan fingerprint density at radius 1 is 1.24 bits per heavy atom. The van der Waals surface area contributed by atoms with Crippen molar-refractivity contribution in [3.8, 4) is 0 Å². The second-order valence-electron chi connectivity index (χ2n) is 3.62. The summed E-state index contributed by atoms with van der Waals surface area (Å²) in [4.78, 5) is 23.9. The number of aliphatic carboxylic acids is 1. The summed E-state index contributed by atoms with van der Waals surface area (Å²) in [6.07, 6.45) is 0.319. The lowest BCUT2D eigenvalue weighted by Crippen LogP contribution is -2.23. The number of hydrogen-bond acceptors (Lipinski definition) is 3. The summed E-state index contributed by atoms with van der Waals surface area (Å²) in [5, 5.41) is 8.92. The number of thioether (sulfide) groups is 1. The maximum Gasteiger partial charge on any atom is 0.314 e. The van der Waals surface area contributed by atoms with E-state index in [9.17, 15) is 9.59 Å². The highest BCUT2D eigenvalue weighted by Crippen LogP contribution is 2.20. The maximum absolute atomic E-state index is 11.9. The van der Waals surface area contributed by atoms with Gasteiger partial charge in [-0.15, -0.1) is 11.8 Å². The van der Waals surface area contributed by atoms with Crippen molar-refractivity contribution in [1.82, 2.24) is 0 Å². The molecule has 0 spiro atoms. The molecule has 0 saturated heterocycles. The molecule has 92 valence electrons. The summed E-state index contributed by atoms with van der Waals surface area (Å²) < 4.78 is 0. The summed E-state index contributed by atoms with van der Waals surface area (Å²) in [5.41, 5.74) is 0.472. The van der Waals surface area contributed by atoms with Crippen LogP contribution in [0, 0.1) is 5.92 Å². The van der Waals surface area contributed by atoms with E-state index >= 15 is 0 Å². The third-order valence-electron chi connectivity index (χ3n) is 2.47. The second-order valence-corrected chi connectivity index (χ2v) is 4.96.